The molecular weight excluding hydrogens is 274 g/mol. The summed E-state index contributed by atoms with van der Waals surface area (Å²) in [5.74, 6) is 0.889. The highest BCUT2D eigenvalue weighted by Gasteiger charge is 2.20. The molecule has 104 valence electrons. The lowest BCUT2D eigenvalue weighted by Gasteiger charge is -2.34. The summed E-state index contributed by atoms with van der Waals surface area (Å²) in [4.78, 5) is 14.5. The van der Waals surface area contributed by atoms with Crippen LogP contribution >= 0.6 is 11.6 Å². The molecule has 2 aromatic rings. The van der Waals surface area contributed by atoms with Crippen molar-refractivity contribution in [1.82, 2.24) is 15.0 Å². The number of piperidine rings is 1. The molecule has 1 aliphatic heterocycles. The molecule has 0 amide bonds. The van der Waals surface area contributed by atoms with E-state index < -0.39 is 0 Å². The van der Waals surface area contributed by atoms with E-state index in [-0.39, 0.29) is 0 Å². The molecular formula is C14H16ClN5. The molecule has 0 bridgehead atoms. The first kappa shape index (κ1) is 13.1. The molecule has 1 aliphatic rings. The first-order valence-electron chi connectivity index (χ1n) is 6.70. The second-order valence-corrected chi connectivity index (χ2v) is 5.23. The second kappa shape index (κ2) is 6.05. The lowest BCUT2D eigenvalue weighted by Crippen LogP contribution is -2.39. The molecule has 1 fully saturated rings. The third-order valence-electron chi connectivity index (χ3n) is 3.52. The zero-order chi connectivity index (χ0) is 13.8. The summed E-state index contributed by atoms with van der Waals surface area (Å²) in [6, 6.07) is 4.31. The maximum absolute atomic E-state index is 6.19. The molecule has 0 spiro atoms. The van der Waals surface area contributed by atoms with E-state index in [9.17, 15) is 0 Å². The molecule has 2 aromatic heterocycles. The summed E-state index contributed by atoms with van der Waals surface area (Å²) in [7, 11) is 0. The molecule has 0 atom stereocenters. The monoisotopic (exact) mass is 289 g/mol. The lowest BCUT2D eigenvalue weighted by molar-refractivity contribution is 0.525. The van der Waals surface area contributed by atoms with Gasteiger partial charge < -0.3 is 10.2 Å². The Hall–Kier alpha value is -1.88. The van der Waals surface area contributed by atoms with Gasteiger partial charge in [-0.3, -0.25) is 4.98 Å². The zero-order valence-electron chi connectivity index (χ0n) is 11.0. The van der Waals surface area contributed by atoms with Gasteiger partial charge in [0.25, 0.3) is 0 Å². The van der Waals surface area contributed by atoms with Crippen LogP contribution in [-0.2, 0) is 0 Å². The quantitative estimate of drug-likeness (QED) is 0.941. The van der Waals surface area contributed by atoms with Gasteiger partial charge in [0.1, 0.15) is 12.1 Å². The number of nitrogens with zero attached hydrogens (tertiary/aromatic N) is 4. The van der Waals surface area contributed by atoms with Crippen LogP contribution in [0.15, 0.2) is 37.1 Å². The highest BCUT2D eigenvalue weighted by molar-refractivity contribution is 6.33. The minimum absolute atomic E-state index is 0.446. The fourth-order valence-corrected chi connectivity index (χ4v) is 2.71. The largest absolute Gasteiger partial charge is 0.370 e. The summed E-state index contributed by atoms with van der Waals surface area (Å²) in [5, 5.41) is 4.16. The molecule has 3 heterocycles. The molecule has 1 saturated heterocycles. The van der Waals surface area contributed by atoms with E-state index in [0.717, 1.165) is 42.5 Å². The maximum Gasteiger partial charge on any atom is 0.129 e. The van der Waals surface area contributed by atoms with Crippen LogP contribution in [-0.4, -0.2) is 34.1 Å². The lowest BCUT2D eigenvalue weighted by atomic mass is 10.0. The van der Waals surface area contributed by atoms with Crippen LogP contribution in [0.4, 0.5) is 11.5 Å². The number of pyridine rings is 1. The number of rotatable bonds is 3. The van der Waals surface area contributed by atoms with Gasteiger partial charge >= 0.3 is 0 Å². The van der Waals surface area contributed by atoms with E-state index in [1.165, 1.54) is 0 Å². The average Bonchev–Trinajstić information content (AvgIpc) is 2.50. The summed E-state index contributed by atoms with van der Waals surface area (Å²) >= 11 is 6.19. The SMILES string of the molecule is Clc1cnccc1N1CCC(Nc2ccncn2)CC1. The third-order valence-corrected chi connectivity index (χ3v) is 3.81. The number of nitrogens with one attached hydrogen (secondary N) is 1. The van der Waals surface area contributed by atoms with E-state index >= 15 is 0 Å². The number of halogens is 1. The Labute approximate surface area is 123 Å². The van der Waals surface area contributed by atoms with E-state index in [4.69, 9.17) is 11.6 Å². The zero-order valence-corrected chi connectivity index (χ0v) is 11.8. The number of aromatic nitrogens is 3. The summed E-state index contributed by atoms with van der Waals surface area (Å²) in [6.45, 7) is 1.96. The summed E-state index contributed by atoms with van der Waals surface area (Å²) < 4.78 is 0. The Kier molecular flexibility index (Phi) is 3.97. The van der Waals surface area contributed by atoms with Crippen molar-refractivity contribution in [1.29, 1.82) is 0 Å². The number of anilines is 2. The Morgan fingerprint density at radius 3 is 2.65 bits per heavy atom. The van der Waals surface area contributed by atoms with Crippen molar-refractivity contribution in [2.75, 3.05) is 23.3 Å². The third kappa shape index (κ3) is 2.99. The fraction of sp³-hybridized carbons (Fsp3) is 0.357. The molecule has 20 heavy (non-hydrogen) atoms. The Balaban J connectivity index is 1.59. The molecule has 3 rings (SSSR count). The first-order valence-corrected chi connectivity index (χ1v) is 7.08. The van der Waals surface area contributed by atoms with Crippen LogP contribution in [0.1, 0.15) is 12.8 Å². The van der Waals surface area contributed by atoms with Crippen LogP contribution in [0.5, 0.6) is 0 Å². The van der Waals surface area contributed by atoms with Gasteiger partial charge in [0.2, 0.25) is 0 Å². The summed E-state index contributed by atoms with van der Waals surface area (Å²) in [6.07, 6.45) is 8.91. The van der Waals surface area contributed by atoms with Crippen molar-refractivity contribution in [3.8, 4) is 0 Å². The predicted molar refractivity (Wildman–Crippen MR) is 80.1 cm³/mol. The van der Waals surface area contributed by atoms with Gasteiger partial charge in [0.15, 0.2) is 0 Å². The van der Waals surface area contributed by atoms with Crippen LogP contribution in [0.3, 0.4) is 0 Å². The minimum atomic E-state index is 0.446. The number of hydrogen-bond acceptors (Lipinski definition) is 5. The maximum atomic E-state index is 6.19. The van der Waals surface area contributed by atoms with Crippen molar-refractivity contribution in [3.05, 3.63) is 42.1 Å². The van der Waals surface area contributed by atoms with E-state index in [1.54, 1.807) is 24.9 Å². The van der Waals surface area contributed by atoms with Gasteiger partial charge in [-0.15, -0.1) is 0 Å². The molecule has 1 N–H and O–H groups in total. The van der Waals surface area contributed by atoms with Gasteiger partial charge in [-0.1, -0.05) is 11.6 Å². The van der Waals surface area contributed by atoms with Gasteiger partial charge in [0, 0.05) is 37.7 Å². The molecule has 0 radical (unpaired) electrons. The smallest absolute Gasteiger partial charge is 0.129 e. The Bertz CT molecular complexity index is 555. The topological polar surface area (TPSA) is 53.9 Å². The molecule has 5 nitrogen and oxygen atoms in total. The fourth-order valence-electron chi connectivity index (χ4n) is 2.47. The minimum Gasteiger partial charge on any atom is -0.370 e. The van der Waals surface area contributed by atoms with Gasteiger partial charge in [-0.2, -0.15) is 0 Å². The van der Waals surface area contributed by atoms with Gasteiger partial charge in [-0.25, -0.2) is 9.97 Å². The molecule has 0 aromatic carbocycles. The van der Waals surface area contributed by atoms with E-state index in [0.29, 0.717) is 6.04 Å². The number of hydrogen-bond donors (Lipinski definition) is 1. The van der Waals surface area contributed by atoms with Crippen molar-refractivity contribution >= 4 is 23.1 Å². The van der Waals surface area contributed by atoms with Crippen molar-refractivity contribution in [2.24, 2.45) is 0 Å². The molecule has 0 aliphatic carbocycles. The van der Waals surface area contributed by atoms with Crippen LogP contribution in [0, 0.1) is 0 Å². The molecule has 0 saturated carbocycles. The highest BCUT2D eigenvalue weighted by atomic mass is 35.5. The van der Waals surface area contributed by atoms with E-state index in [2.05, 4.69) is 25.2 Å². The summed E-state index contributed by atoms with van der Waals surface area (Å²) in [5.41, 5.74) is 1.07. The van der Waals surface area contributed by atoms with Crippen molar-refractivity contribution < 1.29 is 0 Å². The van der Waals surface area contributed by atoms with Gasteiger partial charge in [0.05, 0.1) is 10.7 Å². The Morgan fingerprint density at radius 1 is 1.15 bits per heavy atom. The first-order chi connectivity index (χ1) is 9.83. The normalized spacial score (nSPS) is 16.1. The van der Waals surface area contributed by atoms with Crippen molar-refractivity contribution in [3.63, 3.8) is 0 Å². The average molecular weight is 290 g/mol. The van der Waals surface area contributed by atoms with Crippen LogP contribution in [0.2, 0.25) is 5.02 Å². The predicted octanol–water partition coefficient (Wildman–Crippen LogP) is 2.61. The van der Waals surface area contributed by atoms with E-state index in [1.807, 2.05) is 12.1 Å². The van der Waals surface area contributed by atoms with Crippen molar-refractivity contribution in [2.45, 2.75) is 18.9 Å². The standard InChI is InChI=1S/C14H16ClN5/c15-12-9-16-5-1-13(12)20-7-3-11(4-8-20)19-14-2-6-17-10-18-14/h1-2,5-6,9-11H,3-4,7-8H2,(H,17,18,19). The molecule has 0 unspecified atom stereocenters. The van der Waals surface area contributed by atoms with Crippen LogP contribution in [0.25, 0.3) is 0 Å². The highest BCUT2D eigenvalue weighted by Crippen LogP contribution is 2.27. The second-order valence-electron chi connectivity index (χ2n) is 4.83. The van der Waals surface area contributed by atoms with Crippen LogP contribution < -0.4 is 10.2 Å². The molecule has 6 heteroatoms. The Morgan fingerprint density at radius 2 is 1.95 bits per heavy atom. The van der Waals surface area contributed by atoms with Gasteiger partial charge in [-0.05, 0) is 25.0 Å².